The molecule has 0 amide bonds. The zero-order valence-electron chi connectivity index (χ0n) is 9.38. The fourth-order valence-electron chi connectivity index (χ4n) is 1.78. The number of nitrogens with zero attached hydrogens (tertiary/aromatic N) is 2. The maximum absolute atomic E-state index is 11.1. The standard InChI is InChI=1S/C12H10N4O2/c13-5-8-4-9(15-6-14-8)7-1-2-11-10(3-7)16-12(17)18-11/h1-4,6H,5,13H2,(H,16,17). The number of nitrogens with one attached hydrogen (secondary N) is 1. The number of fused-ring (bicyclic) bond motifs is 1. The highest BCUT2D eigenvalue weighted by atomic mass is 16.4. The number of oxazole rings is 1. The number of H-pyrrole nitrogens is 1. The first-order chi connectivity index (χ1) is 8.76. The van der Waals surface area contributed by atoms with E-state index in [1.807, 2.05) is 18.2 Å². The molecule has 0 saturated heterocycles. The van der Waals surface area contributed by atoms with E-state index in [1.54, 1.807) is 6.07 Å². The summed E-state index contributed by atoms with van der Waals surface area (Å²) in [5, 5.41) is 0. The van der Waals surface area contributed by atoms with Gasteiger partial charge in [-0.15, -0.1) is 0 Å². The Morgan fingerprint density at radius 2 is 2.17 bits per heavy atom. The van der Waals surface area contributed by atoms with Crippen LogP contribution in [0.5, 0.6) is 0 Å². The Labute approximate surface area is 101 Å². The van der Waals surface area contributed by atoms with E-state index < -0.39 is 5.76 Å². The number of benzene rings is 1. The normalized spacial score (nSPS) is 10.9. The molecule has 1 aromatic carbocycles. The molecule has 3 N–H and O–H groups in total. The van der Waals surface area contributed by atoms with Gasteiger partial charge in [0.2, 0.25) is 0 Å². The first-order valence-corrected chi connectivity index (χ1v) is 5.40. The van der Waals surface area contributed by atoms with Gasteiger partial charge in [0, 0.05) is 12.1 Å². The van der Waals surface area contributed by atoms with Crippen molar-refractivity contribution in [1.82, 2.24) is 15.0 Å². The molecule has 3 aromatic rings. The summed E-state index contributed by atoms with van der Waals surface area (Å²) in [5.41, 5.74) is 9.10. The summed E-state index contributed by atoms with van der Waals surface area (Å²) >= 11 is 0. The first-order valence-electron chi connectivity index (χ1n) is 5.40. The van der Waals surface area contributed by atoms with Crippen LogP contribution in [0, 0.1) is 0 Å². The van der Waals surface area contributed by atoms with Gasteiger partial charge in [0.05, 0.1) is 16.9 Å². The third-order valence-electron chi connectivity index (χ3n) is 2.65. The molecule has 0 aliphatic rings. The summed E-state index contributed by atoms with van der Waals surface area (Å²) < 4.78 is 4.94. The maximum Gasteiger partial charge on any atom is 0.417 e. The van der Waals surface area contributed by atoms with Gasteiger partial charge in [-0.25, -0.2) is 14.8 Å². The maximum atomic E-state index is 11.1. The van der Waals surface area contributed by atoms with Crippen molar-refractivity contribution in [2.75, 3.05) is 0 Å². The second kappa shape index (κ2) is 4.08. The Morgan fingerprint density at radius 3 is 3.00 bits per heavy atom. The Bertz CT molecular complexity index is 760. The fraction of sp³-hybridized carbons (Fsp3) is 0.0833. The first kappa shape index (κ1) is 10.7. The number of aromatic nitrogens is 3. The lowest BCUT2D eigenvalue weighted by atomic mass is 10.1. The molecular formula is C12H10N4O2. The zero-order chi connectivity index (χ0) is 12.5. The highest BCUT2D eigenvalue weighted by Crippen LogP contribution is 2.21. The van der Waals surface area contributed by atoms with Crippen molar-refractivity contribution in [2.24, 2.45) is 5.73 Å². The minimum atomic E-state index is -0.465. The van der Waals surface area contributed by atoms with Crippen LogP contribution < -0.4 is 11.5 Å². The Hall–Kier alpha value is -2.47. The molecule has 0 unspecified atom stereocenters. The van der Waals surface area contributed by atoms with Crippen LogP contribution in [0.15, 0.2) is 39.8 Å². The molecular weight excluding hydrogens is 232 g/mol. The van der Waals surface area contributed by atoms with E-state index in [2.05, 4.69) is 15.0 Å². The Morgan fingerprint density at radius 1 is 1.28 bits per heavy atom. The van der Waals surface area contributed by atoms with E-state index in [4.69, 9.17) is 10.2 Å². The lowest BCUT2D eigenvalue weighted by molar-refractivity contribution is 0.555. The number of hydrogen-bond donors (Lipinski definition) is 2. The van der Waals surface area contributed by atoms with E-state index in [0.717, 1.165) is 17.0 Å². The van der Waals surface area contributed by atoms with Gasteiger partial charge in [-0.3, -0.25) is 4.98 Å². The molecule has 6 heteroatoms. The highest BCUT2D eigenvalue weighted by Gasteiger charge is 2.05. The molecule has 2 heterocycles. The Kier molecular flexibility index (Phi) is 2.42. The van der Waals surface area contributed by atoms with Gasteiger partial charge >= 0.3 is 5.76 Å². The van der Waals surface area contributed by atoms with Crippen LogP contribution in [0.25, 0.3) is 22.4 Å². The molecule has 0 bridgehead atoms. The molecule has 0 aliphatic carbocycles. The smallest absolute Gasteiger partial charge is 0.408 e. The van der Waals surface area contributed by atoms with Crippen LogP contribution in [0.4, 0.5) is 0 Å². The molecule has 0 spiro atoms. The quantitative estimate of drug-likeness (QED) is 0.699. The monoisotopic (exact) mass is 242 g/mol. The van der Waals surface area contributed by atoms with Gasteiger partial charge in [0.25, 0.3) is 0 Å². The molecule has 2 aromatic heterocycles. The van der Waals surface area contributed by atoms with Gasteiger partial charge in [-0.05, 0) is 24.3 Å². The summed E-state index contributed by atoms with van der Waals surface area (Å²) in [5.74, 6) is -0.465. The van der Waals surface area contributed by atoms with E-state index in [-0.39, 0.29) is 0 Å². The highest BCUT2D eigenvalue weighted by molar-refractivity contribution is 5.78. The number of rotatable bonds is 2. The van der Waals surface area contributed by atoms with Gasteiger partial charge in [0.1, 0.15) is 6.33 Å². The minimum absolute atomic E-state index is 0.361. The molecule has 3 rings (SSSR count). The number of nitrogens with two attached hydrogens (primary N) is 1. The predicted molar refractivity (Wildman–Crippen MR) is 65.8 cm³/mol. The third kappa shape index (κ3) is 1.78. The molecule has 0 aliphatic heterocycles. The molecule has 6 nitrogen and oxygen atoms in total. The van der Waals surface area contributed by atoms with Gasteiger partial charge in [0.15, 0.2) is 5.58 Å². The molecule has 0 fully saturated rings. The van der Waals surface area contributed by atoms with Crippen LogP contribution in [-0.2, 0) is 6.54 Å². The predicted octanol–water partition coefficient (Wildman–Crippen LogP) is 1.04. The van der Waals surface area contributed by atoms with Crippen LogP contribution >= 0.6 is 0 Å². The Balaban J connectivity index is 2.15. The van der Waals surface area contributed by atoms with Gasteiger partial charge in [-0.1, -0.05) is 0 Å². The fourth-order valence-corrected chi connectivity index (χ4v) is 1.78. The third-order valence-corrected chi connectivity index (χ3v) is 2.65. The average molecular weight is 242 g/mol. The topological polar surface area (TPSA) is 97.8 Å². The lowest BCUT2D eigenvalue weighted by Gasteiger charge is -2.02. The average Bonchev–Trinajstić information content (AvgIpc) is 2.77. The van der Waals surface area contributed by atoms with E-state index in [9.17, 15) is 4.79 Å². The van der Waals surface area contributed by atoms with Gasteiger partial charge in [-0.2, -0.15) is 0 Å². The van der Waals surface area contributed by atoms with Crippen molar-refractivity contribution >= 4 is 11.1 Å². The van der Waals surface area contributed by atoms with Crippen molar-refractivity contribution in [2.45, 2.75) is 6.54 Å². The van der Waals surface area contributed by atoms with Crippen LogP contribution in [0.2, 0.25) is 0 Å². The van der Waals surface area contributed by atoms with E-state index in [1.165, 1.54) is 6.33 Å². The van der Waals surface area contributed by atoms with Crippen molar-refractivity contribution in [1.29, 1.82) is 0 Å². The molecule has 90 valence electrons. The summed E-state index contributed by atoms with van der Waals surface area (Å²) in [6.45, 7) is 0.361. The van der Waals surface area contributed by atoms with E-state index in [0.29, 0.717) is 17.6 Å². The van der Waals surface area contributed by atoms with Crippen molar-refractivity contribution in [3.05, 3.63) is 46.8 Å². The summed E-state index contributed by atoms with van der Waals surface area (Å²) in [6, 6.07) is 7.19. The summed E-state index contributed by atoms with van der Waals surface area (Å²) in [7, 11) is 0. The van der Waals surface area contributed by atoms with Crippen LogP contribution in [0.1, 0.15) is 5.69 Å². The van der Waals surface area contributed by atoms with Crippen molar-refractivity contribution in [3.63, 3.8) is 0 Å². The molecule has 0 saturated carbocycles. The molecule has 0 atom stereocenters. The summed E-state index contributed by atoms with van der Waals surface area (Å²) in [4.78, 5) is 21.9. The largest absolute Gasteiger partial charge is 0.417 e. The van der Waals surface area contributed by atoms with Crippen LogP contribution in [-0.4, -0.2) is 15.0 Å². The van der Waals surface area contributed by atoms with Crippen LogP contribution in [0.3, 0.4) is 0 Å². The van der Waals surface area contributed by atoms with Crippen molar-refractivity contribution < 1.29 is 4.42 Å². The second-order valence-electron chi connectivity index (χ2n) is 3.82. The summed E-state index contributed by atoms with van der Waals surface area (Å²) in [6.07, 6.45) is 1.47. The van der Waals surface area contributed by atoms with E-state index >= 15 is 0 Å². The SMILES string of the molecule is NCc1cc(-c2ccc3oc(=O)[nH]c3c2)ncn1. The lowest BCUT2D eigenvalue weighted by Crippen LogP contribution is -2.00. The minimum Gasteiger partial charge on any atom is -0.408 e. The number of hydrogen-bond acceptors (Lipinski definition) is 5. The number of aromatic amines is 1. The molecule has 18 heavy (non-hydrogen) atoms. The zero-order valence-corrected chi connectivity index (χ0v) is 9.38. The van der Waals surface area contributed by atoms with Gasteiger partial charge < -0.3 is 10.2 Å². The second-order valence-corrected chi connectivity index (χ2v) is 3.82. The van der Waals surface area contributed by atoms with Crippen molar-refractivity contribution in [3.8, 4) is 11.3 Å². The molecule has 0 radical (unpaired) electrons.